The van der Waals surface area contributed by atoms with Crippen LogP contribution in [0.3, 0.4) is 0 Å². The first-order chi connectivity index (χ1) is 14.5. The highest BCUT2D eigenvalue weighted by molar-refractivity contribution is 7.99. The van der Waals surface area contributed by atoms with Crippen LogP contribution in [0.4, 0.5) is 4.39 Å². The lowest BCUT2D eigenvalue weighted by molar-refractivity contribution is -0.133. The Morgan fingerprint density at radius 1 is 1.20 bits per heavy atom. The zero-order chi connectivity index (χ0) is 21.5. The Balaban J connectivity index is 1.78. The van der Waals surface area contributed by atoms with Gasteiger partial charge in [0.15, 0.2) is 0 Å². The molecule has 6 heteroatoms. The smallest absolute Gasteiger partial charge is 0.313 e. The van der Waals surface area contributed by atoms with Crippen molar-refractivity contribution in [2.45, 2.75) is 38.5 Å². The average molecular weight is 429 g/mol. The second-order valence-corrected chi connectivity index (χ2v) is 8.04. The van der Waals surface area contributed by atoms with Gasteiger partial charge in [-0.3, -0.25) is 4.79 Å². The van der Waals surface area contributed by atoms with Gasteiger partial charge < -0.3 is 14.3 Å². The number of thioether (sulfide) groups is 1. The predicted octanol–water partition coefficient (Wildman–Crippen LogP) is 6.63. The van der Waals surface area contributed by atoms with Gasteiger partial charge in [0.2, 0.25) is 0 Å². The molecule has 1 N–H and O–H groups in total. The van der Waals surface area contributed by atoms with Gasteiger partial charge in [-0.1, -0.05) is 25.5 Å². The molecule has 1 heterocycles. The van der Waals surface area contributed by atoms with Gasteiger partial charge in [-0.15, -0.1) is 11.8 Å². The van der Waals surface area contributed by atoms with Crippen molar-refractivity contribution in [3.63, 3.8) is 0 Å². The number of ether oxygens (including phenoxy) is 1. The average Bonchev–Trinajstić information content (AvgIpc) is 3.10. The van der Waals surface area contributed by atoms with Crippen molar-refractivity contribution < 1.29 is 23.4 Å². The molecule has 0 aliphatic rings. The first kappa shape index (κ1) is 22.0. The Morgan fingerprint density at radius 2 is 1.97 bits per heavy atom. The number of benzene rings is 2. The number of rotatable bonds is 10. The molecular weight excluding hydrogens is 403 g/mol. The number of hydrogen-bond donors (Lipinski definition) is 1. The summed E-state index contributed by atoms with van der Waals surface area (Å²) >= 11 is 1.36. The van der Waals surface area contributed by atoms with E-state index < -0.39 is 5.97 Å². The van der Waals surface area contributed by atoms with Crippen LogP contribution in [-0.2, 0) is 10.5 Å². The fourth-order valence-corrected chi connectivity index (χ4v) is 3.93. The van der Waals surface area contributed by atoms with Crippen molar-refractivity contribution in [3.8, 4) is 17.1 Å². The van der Waals surface area contributed by atoms with Crippen LogP contribution in [0.1, 0.15) is 42.8 Å². The molecule has 1 atom stereocenters. The number of hydrogen-bond acceptors (Lipinski definition) is 4. The number of furan rings is 1. The lowest BCUT2D eigenvalue weighted by Crippen LogP contribution is -2.08. The maximum absolute atomic E-state index is 13.2. The zero-order valence-electron chi connectivity index (χ0n) is 17.1. The Kier molecular flexibility index (Phi) is 7.57. The van der Waals surface area contributed by atoms with Crippen LogP contribution in [0.15, 0.2) is 59.0 Å². The van der Waals surface area contributed by atoms with Crippen molar-refractivity contribution >= 4 is 17.7 Å². The lowest BCUT2D eigenvalue weighted by Gasteiger charge is -2.18. The standard InChI is InChI=1S/C24H25FO4S/c1-3-5-22(29-20-7-4-6-17(12-20)14-30-15-24(26)27)21-13-23(28-16(21)2)18-8-10-19(25)11-9-18/h4,6-13,22H,3,5,14-15H2,1-2H3,(H,26,27). The zero-order valence-corrected chi connectivity index (χ0v) is 17.9. The quantitative estimate of drug-likeness (QED) is 0.393. The van der Waals surface area contributed by atoms with E-state index in [4.69, 9.17) is 14.3 Å². The van der Waals surface area contributed by atoms with Gasteiger partial charge in [0, 0.05) is 16.9 Å². The van der Waals surface area contributed by atoms with E-state index in [-0.39, 0.29) is 17.7 Å². The summed E-state index contributed by atoms with van der Waals surface area (Å²) in [6, 6.07) is 15.9. The maximum Gasteiger partial charge on any atom is 0.313 e. The Hall–Kier alpha value is -2.73. The van der Waals surface area contributed by atoms with E-state index in [1.807, 2.05) is 37.3 Å². The Labute approximate surface area is 180 Å². The first-order valence-electron chi connectivity index (χ1n) is 9.87. The minimum atomic E-state index is -0.817. The molecule has 158 valence electrons. The van der Waals surface area contributed by atoms with E-state index >= 15 is 0 Å². The van der Waals surface area contributed by atoms with E-state index in [1.165, 1.54) is 23.9 Å². The van der Waals surface area contributed by atoms with Crippen molar-refractivity contribution in [2.75, 3.05) is 5.75 Å². The molecular formula is C24H25FO4S. The van der Waals surface area contributed by atoms with E-state index in [0.29, 0.717) is 11.5 Å². The molecule has 1 unspecified atom stereocenters. The second kappa shape index (κ2) is 10.3. The molecule has 4 nitrogen and oxygen atoms in total. The van der Waals surface area contributed by atoms with Gasteiger partial charge in [0.1, 0.15) is 29.2 Å². The third kappa shape index (κ3) is 5.89. The van der Waals surface area contributed by atoms with Crippen LogP contribution in [0.2, 0.25) is 0 Å². The number of aliphatic carboxylic acids is 1. The summed E-state index contributed by atoms with van der Waals surface area (Å²) in [5, 5.41) is 8.80. The first-order valence-corrected chi connectivity index (χ1v) is 11.0. The highest BCUT2D eigenvalue weighted by Gasteiger charge is 2.20. The number of halogens is 1. The maximum atomic E-state index is 13.2. The molecule has 30 heavy (non-hydrogen) atoms. The second-order valence-electron chi connectivity index (χ2n) is 7.06. The molecule has 0 saturated carbocycles. The summed E-state index contributed by atoms with van der Waals surface area (Å²) in [7, 11) is 0. The Bertz CT molecular complexity index is 981. The summed E-state index contributed by atoms with van der Waals surface area (Å²) in [4.78, 5) is 10.7. The van der Waals surface area contributed by atoms with Crippen molar-refractivity contribution in [2.24, 2.45) is 0 Å². The van der Waals surface area contributed by atoms with Crippen molar-refractivity contribution in [1.82, 2.24) is 0 Å². The van der Waals surface area contributed by atoms with Crippen LogP contribution in [0, 0.1) is 12.7 Å². The van der Waals surface area contributed by atoms with Crippen LogP contribution in [-0.4, -0.2) is 16.8 Å². The molecule has 3 rings (SSSR count). The summed E-state index contributed by atoms with van der Waals surface area (Å²) in [6.45, 7) is 4.01. The molecule has 0 aliphatic heterocycles. The fourth-order valence-electron chi connectivity index (χ4n) is 3.24. The van der Waals surface area contributed by atoms with Gasteiger partial charge >= 0.3 is 5.97 Å². The largest absolute Gasteiger partial charge is 0.486 e. The summed E-state index contributed by atoms with van der Waals surface area (Å²) in [6.07, 6.45) is 1.59. The molecule has 1 aromatic heterocycles. The number of aryl methyl sites for hydroxylation is 1. The number of carboxylic acid groups (broad SMARTS) is 1. The van der Waals surface area contributed by atoms with Gasteiger partial charge in [-0.25, -0.2) is 4.39 Å². The van der Waals surface area contributed by atoms with Gasteiger partial charge in [0.25, 0.3) is 0 Å². The normalized spacial score (nSPS) is 12.0. The van der Waals surface area contributed by atoms with Crippen molar-refractivity contribution in [1.29, 1.82) is 0 Å². The molecule has 0 fully saturated rings. The number of carboxylic acids is 1. The number of carbonyl (C=O) groups is 1. The third-order valence-corrected chi connectivity index (χ3v) is 5.64. The predicted molar refractivity (Wildman–Crippen MR) is 117 cm³/mol. The topological polar surface area (TPSA) is 59.7 Å². The molecule has 0 saturated heterocycles. The Morgan fingerprint density at radius 3 is 2.67 bits per heavy atom. The highest BCUT2D eigenvalue weighted by Crippen LogP contribution is 2.34. The van der Waals surface area contributed by atoms with Crippen LogP contribution < -0.4 is 4.74 Å². The van der Waals surface area contributed by atoms with Crippen LogP contribution in [0.5, 0.6) is 5.75 Å². The van der Waals surface area contributed by atoms with E-state index in [9.17, 15) is 9.18 Å². The molecule has 0 bridgehead atoms. The summed E-state index contributed by atoms with van der Waals surface area (Å²) in [5.41, 5.74) is 2.81. The minimum Gasteiger partial charge on any atom is -0.486 e. The fraction of sp³-hybridized carbons (Fsp3) is 0.292. The van der Waals surface area contributed by atoms with Gasteiger partial charge in [0.05, 0.1) is 5.75 Å². The van der Waals surface area contributed by atoms with Gasteiger partial charge in [-0.2, -0.15) is 0 Å². The monoisotopic (exact) mass is 428 g/mol. The van der Waals surface area contributed by atoms with Crippen molar-refractivity contribution in [3.05, 3.63) is 77.3 Å². The van der Waals surface area contributed by atoms with Gasteiger partial charge in [-0.05, 0) is 61.4 Å². The molecule has 0 aliphatic carbocycles. The highest BCUT2D eigenvalue weighted by atomic mass is 32.2. The van der Waals surface area contributed by atoms with Crippen LogP contribution >= 0.6 is 11.8 Å². The van der Waals surface area contributed by atoms with E-state index in [0.717, 1.165) is 41.0 Å². The molecule has 0 amide bonds. The van der Waals surface area contributed by atoms with E-state index in [1.54, 1.807) is 12.1 Å². The summed E-state index contributed by atoms with van der Waals surface area (Å²) in [5.74, 6) is 1.79. The SMILES string of the molecule is CCCC(Oc1cccc(CSCC(=O)O)c1)c1cc(-c2ccc(F)cc2)oc1C. The van der Waals surface area contributed by atoms with E-state index in [2.05, 4.69) is 6.92 Å². The summed E-state index contributed by atoms with van der Waals surface area (Å²) < 4.78 is 25.5. The molecule has 3 aromatic rings. The minimum absolute atomic E-state index is 0.0733. The van der Waals surface area contributed by atoms with Crippen LogP contribution in [0.25, 0.3) is 11.3 Å². The lowest BCUT2D eigenvalue weighted by atomic mass is 10.0. The third-order valence-electron chi connectivity index (χ3n) is 4.65. The molecule has 2 aromatic carbocycles. The molecule has 0 spiro atoms. The molecule has 0 radical (unpaired) electrons.